The van der Waals surface area contributed by atoms with Crippen LogP contribution in [0.15, 0.2) is 11.1 Å². The highest BCUT2D eigenvalue weighted by molar-refractivity contribution is 5.72. The van der Waals surface area contributed by atoms with Crippen molar-refractivity contribution in [1.82, 2.24) is 4.90 Å². The zero-order valence-electron chi connectivity index (χ0n) is 20.8. The fourth-order valence-electron chi connectivity index (χ4n) is 6.80. The molecule has 0 saturated carbocycles. The number of carbonyl (C=O) groups is 1. The van der Waals surface area contributed by atoms with Crippen molar-refractivity contribution < 1.29 is 20.0 Å². The van der Waals surface area contributed by atoms with E-state index in [1.165, 1.54) is 24.0 Å². The molecule has 5 heteroatoms. The number of ether oxygens (including phenoxy) is 1. The Morgan fingerprint density at radius 3 is 2.17 bits per heavy atom. The van der Waals surface area contributed by atoms with E-state index in [-0.39, 0.29) is 28.6 Å². The summed E-state index contributed by atoms with van der Waals surface area (Å²) in [6, 6.07) is -0.0311. The normalized spacial score (nSPS) is 36.2. The summed E-state index contributed by atoms with van der Waals surface area (Å²) in [7, 11) is 0. The van der Waals surface area contributed by atoms with Crippen LogP contribution in [0, 0.1) is 5.41 Å². The molecular weight excluding hydrogens is 376 g/mol. The highest BCUT2D eigenvalue weighted by Crippen LogP contribution is 2.48. The van der Waals surface area contributed by atoms with Gasteiger partial charge in [0.1, 0.15) is 0 Å². The Hall–Kier alpha value is -1.07. The Balaban J connectivity index is 1.83. The Morgan fingerprint density at radius 2 is 1.63 bits per heavy atom. The second kappa shape index (κ2) is 7.23. The maximum atomic E-state index is 13.1. The monoisotopic (exact) mass is 421 g/mol. The predicted molar refractivity (Wildman–Crippen MR) is 120 cm³/mol. The number of quaternary nitrogens is 1. The Morgan fingerprint density at radius 1 is 1.07 bits per heavy atom. The van der Waals surface area contributed by atoms with E-state index >= 15 is 0 Å². The average Bonchev–Trinajstić information content (AvgIpc) is 2.67. The maximum Gasteiger partial charge on any atom is 0.413 e. The molecule has 0 bridgehead atoms. The number of hydrogen-bond donors (Lipinski definition) is 2. The fraction of sp³-hybridized carbons (Fsp3) is 0.880. The lowest BCUT2D eigenvalue weighted by molar-refractivity contribution is -0.788. The zero-order chi connectivity index (χ0) is 22.8. The van der Waals surface area contributed by atoms with Gasteiger partial charge in [-0.1, -0.05) is 25.0 Å². The topological polar surface area (TPSA) is 66.4 Å². The molecule has 2 aliphatic heterocycles. The molecule has 0 radical (unpaired) electrons. The molecule has 30 heavy (non-hydrogen) atoms. The van der Waals surface area contributed by atoms with Crippen LogP contribution in [0.2, 0.25) is 0 Å². The first-order valence-corrected chi connectivity index (χ1v) is 11.8. The summed E-state index contributed by atoms with van der Waals surface area (Å²) in [6.45, 7) is 19.5. The molecule has 5 nitrogen and oxygen atoms in total. The minimum Gasteiger partial charge on any atom is -0.438 e. The molecule has 0 spiro atoms. The van der Waals surface area contributed by atoms with E-state index in [0.717, 1.165) is 25.7 Å². The van der Waals surface area contributed by atoms with Crippen LogP contribution in [0.4, 0.5) is 4.79 Å². The molecule has 3 rings (SSSR count). The molecule has 2 atom stereocenters. The number of rotatable bonds is 4. The first-order valence-electron chi connectivity index (χ1n) is 11.8. The van der Waals surface area contributed by atoms with Gasteiger partial charge in [0.05, 0.1) is 11.1 Å². The van der Waals surface area contributed by atoms with Gasteiger partial charge in [-0.2, -0.15) is 0 Å². The Bertz CT molecular complexity index is 719. The van der Waals surface area contributed by atoms with Crippen molar-refractivity contribution in [3.05, 3.63) is 11.1 Å². The molecule has 172 valence electrons. The molecule has 0 aromatic carbocycles. The van der Waals surface area contributed by atoms with Crippen molar-refractivity contribution in [2.24, 2.45) is 5.41 Å². The van der Waals surface area contributed by atoms with Gasteiger partial charge in [-0.15, -0.1) is 0 Å². The highest BCUT2D eigenvalue weighted by atomic mass is 16.6. The largest absolute Gasteiger partial charge is 0.438 e. The van der Waals surface area contributed by atoms with Gasteiger partial charge in [0.25, 0.3) is 0 Å². The molecule has 3 aliphatic rings. The summed E-state index contributed by atoms with van der Waals surface area (Å²) < 4.78 is 5.96. The minimum absolute atomic E-state index is 0.00974. The summed E-state index contributed by atoms with van der Waals surface area (Å²) in [5.74, 6) is 0. The molecule has 0 aromatic rings. The van der Waals surface area contributed by atoms with Crippen LogP contribution >= 0.6 is 0 Å². The zero-order valence-corrected chi connectivity index (χ0v) is 20.8. The van der Waals surface area contributed by atoms with Crippen LogP contribution in [0.1, 0.15) is 107 Å². The number of allylic oxidation sites excluding steroid dienone is 2. The summed E-state index contributed by atoms with van der Waals surface area (Å²) in [5.41, 5.74) is 0.911. The van der Waals surface area contributed by atoms with Gasteiger partial charge in [0.15, 0.2) is 11.3 Å². The Kier molecular flexibility index (Phi) is 5.69. The lowest BCUT2D eigenvalue weighted by Gasteiger charge is -2.48. The minimum atomic E-state index is -1.33. The van der Waals surface area contributed by atoms with Crippen molar-refractivity contribution in [2.75, 3.05) is 0 Å². The fourth-order valence-corrected chi connectivity index (χ4v) is 6.80. The van der Waals surface area contributed by atoms with E-state index in [0.29, 0.717) is 6.42 Å². The van der Waals surface area contributed by atoms with Crippen molar-refractivity contribution in [3.8, 4) is 0 Å². The van der Waals surface area contributed by atoms with Crippen molar-refractivity contribution >= 4 is 6.09 Å². The summed E-state index contributed by atoms with van der Waals surface area (Å²) in [6.07, 6.45) is 6.41. The van der Waals surface area contributed by atoms with Crippen LogP contribution in [0.3, 0.4) is 0 Å². The van der Waals surface area contributed by atoms with Gasteiger partial charge in [-0.3, -0.25) is 4.90 Å². The number of carbonyl (C=O) groups excluding carboxylic acids is 1. The number of aliphatic hydroxyl groups is 1. The van der Waals surface area contributed by atoms with E-state index < -0.39 is 11.3 Å². The molecule has 1 amide bonds. The van der Waals surface area contributed by atoms with E-state index in [1.54, 1.807) is 11.8 Å². The molecule has 0 unspecified atom stereocenters. The van der Waals surface area contributed by atoms with Crippen molar-refractivity contribution in [1.29, 1.82) is 0 Å². The van der Waals surface area contributed by atoms with Gasteiger partial charge in [0.2, 0.25) is 0 Å². The average molecular weight is 422 g/mol. The first kappa shape index (κ1) is 23.6. The lowest BCUT2D eigenvalue weighted by atomic mass is 9.70. The summed E-state index contributed by atoms with van der Waals surface area (Å²) >= 11 is 0. The number of hydrogen-bond acceptors (Lipinski definition) is 3. The van der Waals surface area contributed by atoms with E-state index in [4.69, 9.17) is 4.74 Å². The second-order valence-electron chi connectivity index (χ2n) is 12.7. The summed E-state index contributed by atoms with van der Waals surface area (Å²) in [5, 5.41) is 14.1. The van der Waals surface area contributed by atoms with E-state index in [2.05, 4.69) is 53.8 Å². The number of cyclic esters (lactones) is 1. The predicted octanol–water partition coefficient (Wildman–Crippen LogP) is 4.50. The molecule has 3 N–H and O–H groups in total. The molecular formula is C25H45N2O3+. The van der Waals surface area contributed by atoms with Crippen LogP contribution in [0.5, 0.6) is 0 Å². The van der Waals surface area contributed by atoms with Crippen molar-refractivity contribution in [3.63, 3.8) is 0 Å². The molecule has 2 heterocycles. The third kappa shape index (κ3) is 4.17. The quantitative estimate of drug-likeness (QED) is 0.657. The number of amides is 1. The Labute approximate surface area is 183 Å². The number of piperidine rings is 1. The smallest absolute Gasteiger partial charge is 0.413 e. The third-order valence-electron chi connectivity index (χ3n) is 8.19. The van der Waals surface area contributed by atoms with Crippen molar-refractivity contribution in [2.45, 2.75) is 136 Å². The van der Waals surface area contributed by atoms with Gasteiger partial charge in [0, 0.05) is 18.9 Å². The van der Waals surface area contributed by atoms with Crippen LogP contribution < -0.4 is 5.32 Å². The SMILES string of the molecule is CC1=C(CC[C@]2(C)OC(=O)N(C3CC(C)(C)[NH2+]C(C)(C)C3)[C@]2(C)O)C(C)(C)CCC1. The van der Waals surface area contributed by atoms with E-state index in [9.17, 15) is 9.90 Å². The highest BCUT2D eigenvalue weighted by Gasteiger charge is 2.62. The van der Waals surface area contributed by atoms with Crippen LogP contribution in [0.25, 0.3) is 0 Å². The standard InChI is InChI=1S/C25H44N2O3/c1-17-11-10-13-21(2,3)19(17)12-14-24(8)25(9,29)27(20(28)30-24)18-15-22(4,5)26-23(6,7)16-18/h18,26,29H,10-16H2,1-9H3/p+1/t24-,25+/m0/s1. The second-order valence-corrected chi connectivity index (χ2v) is 12.7. The molecule has 1 aliphatic carbocycles. The molecule has 2 fully saturated rings. The lowest BCUT2D eigenvalue weighted by Crippen LogP contribution is -3.06. The van der Waals surface area contributed by atoms with Gasteiger partial charge in [-0.05, 0) is 86.0 Å². The maximum absolute atomic E-state index is 13.1. The molecule has 0 aromatic heterocycles. The molecule has 2 saturated heterocycles. The number of nitrogens with two attached hydrogens (primary N) is 1. The van der Waals surface area contributed by atoms with Gasteiger partial charge >= 0.3 is 6.09 Å². The van der Waals surface area contributed by atoms with Crippen LogP contribution in [-0.4, -0.2) is 44.5 Å². The van der Waals surface area contributed by atoms with Gasteiger partial charge in [-0.25, -0.2) is 4.79 Å². The van der Waals surface area contributed by atoms with Gasteiger partial charge < -0.3 is 15.2 Å². The van der Waals surface area contributed by atoms with E-state index in [1.807, 2.05) is 6.92 Å². The first-order chi connectivity index (χ1) is 13.5. The third-order valence-corrected chi connectivity index (χ3v) is 8.19. The summed E-state index contributed by atoms with van der Waals surface area (Å²) in [4.78, 5) is 14.8. The van der Waals surface area contributed by atoms with Crippen LogP contribution in [-0.2, 0) is 4.74 Å². The number of nitrogens with zero attached hydrogens (tertiary/aromatic N) is 1.